The summed E-state index contributed by atoms with van der Waals surface area (Å²) >= 11 is 5.97. The minimum Gasteiger partial charge on any atom is -0.466 e. The highest BCUT2D eigenvalue weighted by Crippen LogP contribution is 2.24. The lowest BCUT2D eigenvalue weighted by Crippen LogP contribution is -2.25. The predicted molar refractivity (Wildman–Crippen MR) is 108 cm³/mol. The quantitative estimate of drug-likeness (QED) is 0.426. The molecule has 0 spiro atoms. The molecule has 0 unspecified atom stereocenters. The highest BCUT2D eigenvalue weighted by molar-refractivity contribution is 6.30. The molecule has 146 valence electrons. The molecule has 28 heavy (non-hydrogen) atoms. The molecule has 0 radical (unpaired) electrons. The smallest absolute Gasteiger partial charge is 0.342 e. The van der Waals surface area contributed by atoms with Crippen molar-refractivity contribution in [2.45, 2.75) is 40.7 Å². The van der Waals surface area contributed by atoms with Gasteiger partial charge >= 0.3 is 5.97 Å². The van der Waals surface area contributed by atoms with Gasteiger partial charge in [-0.05, 0) is 71.0 Å². The summed E-state index contributed by atoms with van der Waals surface area (Å²) in [6.45, 7) is 8.82. The molecule has 2 aromatic heterocycles. The van der Waals surface area contributed by atoms with Crippen molar-refractivity contribution < 1.29 is 18.7 Å². The van der Waals surface area contributed by atoms with Gasteiger partial charge in [0.05, 0.1) is 0 Å². The third-order valence-corrected chi connectivity index (χ3v) is 4.95. The van der Waals surface area contributed by atoms with Crippen LogP contribution in [0.5, 0.6) is 0 Å². The van der Waals surface area contributed by atoms with Gasteiger partial charge < -0.3 is 13.7 Å². The summed E-state index contributed by atoms with van der Waals surface area (Å²) in [6.07, 6.45) is -0.915. The van der Waals surface area contributed by atoms with Gasteiger partial charge in [-0.25, -0.2) is 4.79 Å². The van der Waals surface area contributed by atoms with Crippen LogP contribution in [-0.2, 0) is 4.74 Å². The Kier molecular flexibility index (Phi) is 5.47. The van der Waals surface area contributed by atoms with Gasteiger partial charge in [0.25, 0.3) is 0 Å². The molecule has 1 aromatic carbocycles. The summed E-state index contributed by atoms with van der Waals surface area (Å²) in [5.41, 5.74) is 3.45. The monoisotopic (exact) mass is 399 g/mol. The summed E-state index contributed by atoms with van der Waals surface area (Å²) < 4.78 is 12.7. The molecule has 0 aliphatic carbocycles. The predicted octanol–water partition coefficient (Wildman–Crippen LogP) is 5.39. The number of benzene rings is 1. The van der Waals surface area contributed by atoms with E-state index in [1.807, 2.05) is 36.6 Å². The van der Waals surface area contributed by atoms with E-state index in [0.717, 1.165) is 17.1 Å². The summed E-state index contributed by atoms with van der Waals surface area (Å²) in [5.74, 6) is 0.277. The van der Waals surface area contributed by atoms with Crippen LogP contribution in [0.3, 0.4) is 0 Å². The van der Waals surface area contributed by atoms with Crippen LogP contribution < -0.4 is 0 Å². The first-order valence-electron chi connectivity index (χ1n) is 8.96. The van der Waals surface area contributed by atoms with Gasteiger partial charge in [-0.3, -0.25) is 4.79 Å². The molecule has 0 bridgehead atoms. The van der Waals surface area contributed by atoms with Gasteiger partial charge in [0.1, 0.15) is 17.1 Å². The number of halogens is 1. The minimum atomic E-state index is -0.915. The molecule has 1 atom stereocenters. The number of Topliss-reactive ketones (excluding diaryl/α,β-unsaturated/α-hetero) is 1. The Morgan fingerprint density at radius 2 is 1.68 bits per heavy atom. The Morgan fingerprint density at radius 3 is 2.25 bits per heavy atom. The third-order valence-electron chi connectivity index (χ3n) is 4.70. The van der Waals surface area contributed by atoms with Gasteiger partial charge in [0, 0.05) is 27.7 Å². The van der Waals surface area contributed by atoms with Gasteiger partial charge in [0.2, 0.25) is 5.78 Å². The third kappa shape index (κ3) is 3.76. The lowest BCUT2D eigenvalue weighted by molar-refractivity contribution is 0.0317. The maximum atomic E-state index is 12.9. The van der Waals surface area contributed by atoms with Crippen LogP contribution >= 0.6 is 11.6 Å². The molecule has 3 rings (SSSR count). The second-order valence-corrected chi connectivity index (χ2v) is 7.27. The fraction of sp³-hybridized carbons (Fsp3) is 0.273. The van der Waals surface area contributed by atoms with E-state index in [1.165, 1.54) is 0 Å². The van der Waals surface area contributed by atoms with Gasteiger partial charge in [0.15, 0.2) is 6.10 Å². The fourth-order valence-corrected chi connectivity index (χ4v) is 3.46. The first-order valence-corrected chi connectivity index (χ1v) is 9.34. The maximum Gasteiger partial charge on any atom is 0.342 e. The first-order chi connectivity index (χ1) is 13.2. The first kappa shape index (κ1) is 20.0. The van der Waals surface area contributed by atoms with E-state index >= 15 is 0 Å². The highest BCUT2D eigenvalue weighted by atomic mass is 35.5. The molecule has 0 amide bonds. The average Bonchev–Trinajstić information content (AvgIpc) is 3.13. The topological polar surface area (TPSA) is 61.4 Å². The van der Waals surface area contributed by atoms with Crippen molar-refractivity contribution in [1.82, 2.24) is 4.57 Å². The normalized spacial score (nSPS) is 12.1. The zero-order chi connectivity index (χ0) is 20.6. The maximum absolute atomic E-state index is 12.9. The zero-order valence-electron chi connectivity index (χ0n) is 16.5. The minimum absolute atomic E-state index is 0.250. The molecule has 6 heteroatoms. The second kappa shape index (κ2) is 7.68. The van der Waals surface area contributed by atoms with Crippen LogP contribution in [0, 0.1) is 27.7 Å². The largest absolute Gasteiger partial charge is 0.466 e. The summed E-state index contributed by atoms with van der Waals surface area (Å²) in [6, 6.07) is 10.8. The number of carbonyl (C=O) groups excluding carboxylic acids is 2. The van der Waals surface area contributed by atoms with Crippen LogP contribution in [0.25, 0.3) is 5.69 Å². The Bertz CT molecular complexity index is 1040. The SMILES string of the molecule is Cc1cc(C(=O)O[C@H](C)C(=O)c2cc(C)n(-c3ccc(Cl)cc3)c2C)c(C)o1. The van der Waals surface area contributed by atoms with E-state index < -0.39 is 12.1 Å². The average molecular weight is 400 g/mol. The van der Waals surface area contributed by atoms with Gasteiger partial charge in [-0.1, -0.05) is 11.6 Å². The number of carbonyl (C=O) groups is 2. The molecule has 5 nitrogen and oxygen atoms in total. The Morgan fingerprint density at radius 1 is 1.04 bits per heavy atom. The summed E-state index contributed by atoms with van der Waals surface area (Å²) in [5, 5.41) is 0.646. The molecule has 0 aliphatic rings. The molecular formula is C22H22ClNO4. The van der Waals surface area contributed by atoms with Crippen LogP contribution in [0.15, 0.2) is 40.8 Å². The molecule has 0 N–H and O–H groups in total. The Hall–Kier alpha value is -2.79. The van der Waals surface area contributed by atoms with Gasteiger partial charge in [-0.15, -0.1) is 0 Å². The molecule has 0 saturated carbocycles. The zero-order valence-corrected chi connectivity index (χ0v) is 17.3. The lowest BCUT2D eigenvalue weighted by Gasteiger charge is -2.13. The number of rotatable bonds is 5. The second-order valence-electron chi connectivity index (χ2n) is 6.84. The fourth-order valence-electron chi connectivity index (χ4n) is 3.33. The van der Waals surface area contributed by atoms with E-state index in [0.29, 0.717) is 27.7 Å². The molecule has 0 fully saturated rings. The number of ether oxygens (including phenoxy) is 1. The van der Waals surface area contributed by atoms with E-state index in [-0.39, 0.29) is 5.78 Å². The number of aryl methyl sites for hydroxylation is 3. The van der Waals surface area contributed by atoms with Crippen molar-refractivity contribution in [2.24, 2.45) is 0 Å². The Balaban J connectivity index is 1.84. The van der Waals surface area contributed by atoms with Gasteiger partial charge in [-0.2, -0.15) is 0 Å². The van der Waals surface area contributed by atoms with Crippen molar-refractivity contribution in [2.75, 3.05) is 0 Å². The van der Waals surface area contributed by atoms with Crippen molar-refractivity contribution in [3.8, 4) is 5.69 Å². The van der Waals surface area contributed by atoms with Crippen molar-refractivity contribution in [1.29, 1.82) is 0 Å². The van der Waals surface area contributed by atoms with E-state index in [1.54, 1.807) is 39.0 Å². The molecular weight excluding hydrogens is 378 g/mol. The van der Waals surface area contributed by atoms with E-state index in [2.05, 4.69) is 0 Å². The van der Waals surface area contributed by atoms with Crippen LogP contribution in [0.2, 0.25) is 5.02 Å². The van der Waals surface area contributed by atoms with Crippen molar-refractivity contribution >= 4 is 23.4 Å². The number of nitrogens with zero attached hydrogens (tertiary/aromatic N) is 1. The number of esters is 1. The van der Waals surface area contributed by atoms with Crippen LogP contribution in [0.4, 0.5) is 0 Å². The molecule has 0 aliphatic heterocycles. The summed E-state index contributed by atoms with van der Waals surface area (Å²) in [7, 11) is 0. The number of hydrogen-bond donors (Lipinski definition) is 0. The Labute approximate surface area is 168 Å². The lowest BCUT2D eigenvalue weighted by atomic mass is 10.1. The summed E-state index contributed by atoms with van der Waals surface area (Å²) in [4.78, 5) is 25.3. The number of ketones is 1. The number of furan rings is 1. The van der Waals surface area contributed by atoms with Crippen LogP contribution in [0.1, 0.15) is 50.5 Å². The molecule has 3 aromatic rings. The number of hydrogen-bond acceptors (Lipinski definition) is 4. The van der Waals surface area contributed by atoms with E-state index in [4.69, 9.17) is 20.8 Å². The highest BCUT2D eigenvalue weighted by Gasteiger charge is 2.26. The van der Waals surface area contributed by atoms with Crippen molar-refractivity contribution in [3.05, 3.63) is 75.5 Å². The van der Waals surface area contributed by atoms with Crippen molar-refractivity contribution in [3.63, 3.8) is 0 Å². The molecule has 2 heterocycles. The molecule has 0 saturated heterocycles. The standard InChI is InChI=1S/C22H22ClNO4/c1-12-10-19(14(3)24(12)18-8-6-17(23)7-9-18)21(25)16(5)28-22(26)20-11-13(2)27-15(20)4/h6-11,16H,1-5H3/t16-/m1/s1. The van der Waals surface area contributed by atoms with Crippen LogP contribution in [-0.4, -0.2) is 22.4 Å². The number of aromatic nitrogens is 1. The van der Waals surface area contributed by atoms with E-state index in [9.17, 15) is 9.59 Å².